The molecule has 0 radical (unpaired) electrons. The van der Waals surface area contributed by atoms with Crippen LogP contribution < -0.4 is 0 Å². The highest BCUT2D eigenvalue weighted by molar-refractivity contribution is 8.00. The monoisotopic (exact) mass is 447 g/mol. The largest absolute Gasteiger partial charge is 0.379 e. The quantitative estimate of drug-likeness (QED) is 0.633. The minimum atomic E-state index is -3.58. The molecule has 0 bridgehead atoms. The van der Waals surface area contributed by atoms with Crippen molar-refractivity contribution in [3.63, 3.8) is 0 Å². The number of carbonyl (C=O) groups excluding carboxylic acids is 1. The Morgan fingerprint density at radius 2 is 1.70 bits per heavy atom. The highest BCUT2D eigenvalue weighted by atomic mass is 32.2. The van der Waals surface area contributed by atoms with E-state index in [4.69, 9.17) is 4.74 Å². The number of hydrogen-bond donors (Lipinski definition) is 0. The van der Waals surface area contributed by atoms with Crippen LogP contribution in [0.15, 0.2) is 58.6 Å². The van der Waals surface area contributed by atoms with Gasteiger partial charge in [0.2, 0.25) is 15.9 Å². The zero-order chi connectivity index (χ0) is 21.0. The number of hydrogen-bond acceptors (Lipinski definition) is 6. The first kappa shape index (κ1) is 21.3. The molecular formula is C21H25N3O4S2. The fourth-order valence-electron chi connectivity index (χ4n) is 3.64. The lowest BCUT2D eigenvalue weighted by Crippen LogP contribution is -2.40. The van der Waals surface area contributed by atoms with Crippen LogP contribution in [0.3, 0.4) is 0 Å². The van der Waals surface area contributed by atoms with Gasteiger partial charge in [0.15, 0.2) is 0 Å². The van der Waals surface area contributed by atoms with E-state index < -0.39 is 15.3 Å². The fourth-order valence-corrected chi connectivity index (χ4v) is 6.04. The van der Waals surface area contributed by atoms with Crippen molar-refractivity contribution in [2.45, 2.75) is 28.0 Å². The Hall–Kier alpha value is -1.94. The van der Waals surface area contributed by atoms with Gasteiger partial charge >= 0.3 is 0 Å². The Bertz CT molecular complexity index is 956. The summed E-state index contributed by atoms with van der Waals surface area (Å²) in [4.78, 5) is 19.6. The molecule has 2 aromatic rings. The number of rotatable bonds is 6. The van der Waals surface area contributed by atoms with E-state index in [9.17, 15) is 13.2 Å². The van der Waals surface area contributed by atoms with E-state index in [0.29, 0.717) is 31.3 Å². The summed E-state index contributed by atoms with van der Waals surface area (Å²) in [6, 6.07) is 12.9. The number of ether oxygens (including phenoxy) is 1. The van der Waals surface area contributed by atoms with Gasteiger partial charge in [0, 0.05) is 32.4 Å². The molecule has 1 aromatic carbocycles. The summed E-state index contributed by atoms with van der Waals surface area (Å²) in [5, 5.41) is 0.218. The first-order valence-electron chi connectivity index (χ1n) is 10.1. The van der Waals surface area contributed by atoms with Crippen molar-refractivity contribution in [3.8, 4) is 0 Å². The van der Waals surface area contributed by atoms with Crippen LogP contribution in [0.5, 0.6) is 0 Å². The predicted molar refractivity (Wildman–Crippen MR) is 115 cm³/mol. The standard InChI is InChI=1S/C21H25N3O4S2/c25-21(23-10-4-5-11-23)20(17-6-2-1-3-7-17)29-19-9-8-18(16-22-19)30(26,27)24-12-14-28-15-13-24/h1-3,6-9,16,20H,4-5,10-15H2/t20-/m0/s1. The maximum Gasteiger partial charge on any atom is 0.244 e. The van der Waals surface area contributed by atoms with Crippen LogP contribution in [0, 0.1) is 0 Å². The van der Waals surface area contributed by atoms with E-state index in [1.165, 1.54) is 22.3 Å². The van der Waals surface area contributed by atoms with Gasteiger partial charge in [0.05, 0.1) is 18.2 Å². The maximum atomic E-state index is 13.1. The fraction of sp³-hybridized carbons (Fsp3) is 0.429. The Kier molecular flexibility index (Phi) is 6.72. The van der Waals surface area contributed by atoms with E-state index in [1.807, 2.05) is 35.2 Å². The minimum Gasteiger partial charge on any atom is -0.379 e. The molecule has 160 valence electrons. The van der Waals surface area contributed by atoms with Gasteiger partial charge in [-0.3, -0.25) is 4.79 Å². The summed E-state index contributed by atoms with van der Waals surface area (Å²) >= 11 is 1.36. The Labute approximate surface area is 181 Å². The number of thioether (sulfide) groups is 1. The van der Waals surface area contributed by atoms with Crippen LogP contribution in [0.4, 0.5) is 0 Å². The number of amides is 1. The normalized spacial score (nSPS) is 19.0. The van der Waals surface area contributed by atoms with Gasteiger partial charge in [-0.25, -0.2) is 13.4 Å². The lowest BCUT2D eigenvalue weighted by atomic mass is 10.1. The van der Waals surface area contributed by atoms with Gasteiger partial charge in [0.25, 0.3) is 0 Å². The smallest absolute Gasteiger partial charge is 0.244 e. The van der Waals surface area contributed by atoms with Crippen LogP contribution in [-0.2, 0) is 19.6 Å². The molecule has 3 heterocycles. The van der Waals surface area contributed by atoms with Crippen molar-refractivity contribution in [2.75, 3.05) is 39.4 Å². The summed E-state index contributed by atoms with van der Waals surface area (Å²) in [6.07, 6.45) is 3.45. The minimum absolute atomic E-state index is 0.0792. The second-order valence-corrected chi connectivity index (χ2v) is 10.4. The maximum absolute atomic E-state index is 13.1. The molecule has 2 fully saturated rings. The van der Waals surface area contributed by atoms with Crippen LogP contribution >= 0.6 is 11.8 Å². The number of pyridine rings is 1. The van der Waals surface area contributed by atoms with Crippen molar-refractivity contribution < 1.29 is 17.9 Å². The summed E-state index contributed by atoms with van der Waals surface area (Å²) in [7, 11) is -3.58. The van der Waals surface area contributed by atoms with Gasteiger partial charge < -0.3 is 9.64 Å². The molecular weight excluding hydrogens is 422 g/mol. The molecule has 0 saturated carbocycles. The van der Waals surface area contributed by atoms with Crippen LogP contribution in [-0.4, -0.2) is 67.9 Å². The third kappa shape index (κ3) is 4.69. The predicted octanol–water partition coefficient (Wildman–Crippen LogP) is 2.56. The molecule has 2 saturated heterocycles. The SMILES string of the molecule is O=C([C@@H](Sc1ccc(S(=O)(=O)N2CCOCC2)cn1)c1ccccc1)N1CCCC1. The van der Waals surface area contributed by atoms with Gasteiger partial charge in [-0.1, -0.05) is 42.1 Å². The molecule has 1 atom stereocenters. The summed E-state index contributed by atoms with van der Waals surface area (Å²) in [5.41, 5.74) is 0.922. The summed E-state index contributed by atoms with van der Waals surface area (Å²) in [6.45, 7) is 3.06. The molecule has 0 unspecified atom stereocenters. The Balaban J connectivity index is 1.54. The van der Waals surface area contributed by atoms with E-state index in [0.717, 1.165) is 31.5 Å². The summed E-state index contributed by atoms with van der Waals surface area (Å²) < 4.78 is 32.2. The number of morpholine rings is 1. The molecule has 2 aliphatic heterocycles. The van der Waals surface area contributed by atoms with Gasteiger partial charge in [0.1, 0.15) is 10.1 Å². The van der Waals surface area contributed by atoms with Crippen LogP contribution in [0.2, 0.25) is 0 Å². The lowest BCUT2D eigenvalue weighted by Gasteiger charge is -2.26. The number of aromatic nitrogens is 1. The number of sulfonamides is 1. The van der Waals surface area contributed by atoms with Crippen molar-refractivity contribution in [1.29, 1.82) is 0 Å². The Morgan fingerprint density at radius 3 is 2.33 bits per heavy atom. The highest BCUT2D eigenvalue weighted by Gasteiger charge is 2.30. The van der Waals surface area contributed by atoms with Crippen molar-refractivity contribution in [1.82, 2.24) is 14.2 Å². The number of nitrogens with zero attached hydrogens (tertiary/aromatic N) is 3. The molecule has 9 heteroatoms. The molecule has 2 aliphatic rings. The Morgan fingerprint density at radius 1 is 1.00 bits per heavy atom. The average molecular weight is 448 g/mol. The zero-order valence-corrected chi connectivity index (χ0v) is 18.3. The first-order chi connectivity index (χ1) is 14.6. The van der Waals surface area contributed by atoms with Crippen LogP contribution in [0.1, 0.15) is 23.7 Å². The van der Waals surface area contributed by atoms with Gasteiger partial charge in [-0.15, -0.1) is 0 Å². The van der Waals surface area contributed by atoms with Crippen molar-refractivity contribution >= 4 is 27.7 Å². The molecule has 0 N–H and O–H groups in total. The van der Waals surface area contributed by atoms with E-state index in [-0.39, 0.29) is 10.8 Å². The number of carbonyl (C=O) groups is 1. The zero-order valence-electron chi connectivity index (χ0n) is 16.6. The van der Waals surface area contributed by atoms with E-state index in [1.54, 1.807) is 12.1 Å². The van der Waals surface area contributed by atoms with Gasteiger partial charge in [-0.2, -0.15) is 4.31 Å². The third-order valence-electron chi connectivity index (χ3n) is 5.30. The molecule has 0 spiro atoms. The second kappa shape index (κ2) is 9.47. The molecule has 30 heavy (non-hydrogen) atoms. The van der Waals surface area contributed by atoms with E-state index >= 15 is 0 Å². The average Bonchev–Trinajstić information content (AvgIpc) is 3.34. The molecule has 7 nitrogen and oxygen atoms in total. The molecule has 1 aromatic heterocycles. The van der Waals surface area contributed by atoms with Crippen molar-refractivity contribution in [3.05, 3.63) is 54.2 Å². The van der Waals surface area contributed by atoms with Crippen LogP contribution in [0.25, 0.3) is 0 Å². The molecule has 1 amide bonds. The highest BCUT2D eigenvalue weighted by Crippen LogP contribution is 2.36. The first-order valence-corrected chi connectivity index (χ1v) is 12.4. The number of likely N-dealkylation sites (tertiary alicyclic amines) is 1. The molecule has 0 aliphatic carbocycles. The van der Waals surface area contributed by atoms with Gasteiger partial charge in [-0.05, 0) is 30.5 Å². The lowest BCUT2D eigenvalue weighted by molar-refractivity contribution is -0.129. The topological polar surface area (TPSA) is 79.8 Å². The second-order valence-electron chi connectivity index (χ2n) is 7.29. The third-order valence-corrected chi connectivity index (χ3v) is 8.37. The number of benzene rings is 1. The van der Waals surface area contributed by atoms with Crippen molar-refractivity contribution in [2.24, 2.45) is 0 Å². The summed E-state index contributed by atoms with van der Waals surface area (Å²) in [5.74, 6) is 0.0792. The van der Waals surface area contributed by atoms with E-state index in [2.05, 4.69) is 4.98 Å². The molecule has 4 rings (SSSR count).